The highest BCUT2D eigenvalue weighted by Crippen LogP contribution is 2.33. The van der Waals surface area contributed by atoms with Crippen molar-refractivity contribution >= 4 is 14.3 Å². The predicted octanol–water partition coefficient (Wildman–Crippen LogP) is 3.76. The molecule has 1 aliphatic heterocycles. The highest BCUT2D eigenvalue weighted by molar-refractivity contribution is 6.69. The summed E-state index contributed by atoms with van der Waals surface area (Å²) in [6.45, 7) is 9.78. The average Bonchev–Trinajstić information content (AvgIpc) is 2.75. The minimum Gasteiger partial charge on any atom is -0.472 e. The van der Waals surface area contributed by atoms with Crippen LogP contribution in [0.1, 0.15) is 31.9 Å². The van der Waals surface area contributed by atoms with E-state index >= 15 is 0 Å². The number of carbonyl (C=O) groups is 1. The third-order valence-corrected chi connectivity index (χ3v) is 3.79. The zero-order valence-corrected chi connectivity index (χ0v) is 14.1. The fourth-order valence-electron chi connectivity index (χ4n) is 2.17. The van der Waals surface area contributed by atoms with Crippen LogP contribution in [0.2, 0.25) is 19.6 Å². The van der Waals surface area contributed by atoms with E-state index in [1.807, 2.05) is 6.07 Å². The van der Waals surface area contributed by atoms with Gasteiger partial charge in [-0.25, -0.2) is 4.79 Å². The molecule has 2 heterocycles. The van der Waals surface area contributed by atoms with Crippen LogP contribution in [0.4, 0.5) is 0 Å². The van der Waals surface area contributed by atoms with Gasteiger partial charge >= 0.3 is 5.97 Å². The molecule has 0 radical (unpaired) electrons. The fourth-order valence-corrected chi connectivity index (χ4v) is 3.24. The van der Waals surface area contributed by atoms with Crippen LogP contribution >= 0.6 is 0 Å². The molecule has 0 unspecified atom stereocenters. The third kappa shape index (κ3) is 4.75. The van der Waals surface area contributed by atoms with Crippen LogP contribution in [0.5, 0.6) is 0 Å². The second-order valence-electron chi connectivity index (χ2n) is 6.51. The molecule has 0 bridgehead atoms. The molecule has 0 aliphatic carbocycles. The van der Waals surface area contributed by atoms with Gasteiger partial charge in [-0.05, 0) is 25.7 Å². The zero-order valence-electron chi connectivity index (χ0n) is 13.1. The lowest BCUT2D eigenvalue weighted by molar-refractivity contribution is -0.206. The smallest absolute Gasteiger partial charge is 0.337 e. The van der Waals surface area contributed by atoms with Crippen LogP contribution in [0.15, 0.2) is 34.8 Å². The van der Waals surface area contributed by atoms with Crippen LogP contribution in [-0.4, -0.2) is 20.1 Å². The van der Waals surface area contributed by atoms with E-state index < -0.39 is 14.1 Å². The molecule has 1 aromatic heterocycles. The topological polar surface area (TPSA) is 57.9 Å². The van der Waals surface area contributed by atoms with Gasteiger partial charge in [-0.1, -0.05) is 0 Å². The summed E-state index contributed by atoms with van der Waals surface area (Å²) >= 11 is 0. The van der Waals surface area contributed by atoms with Gasteiger partial charge in [0.05, 0.1) is 24.7 Å². The number of hydrogen-bond acceptors (Lipinski definition) is 5. The lowest BCUT2D eigenvalue weighted by Crippen LogP contribution is -2.35. The van der Waals surface area contributed by atoms with E-state index in [0.717, 1.165) is 5.56 Å². The second-order valence-corrected chi connectivity index (χ2v) is 11.0. The molecular formula is C15H22O5Si. The Morgan fingerprint density at radius 3 is 2.52 bits per heavy atom. The number of furan rings is 1. The van der Waals surface area contributed by atoms with Crippen LogP contribution in [-0.2, 0) is 18.7 Å². The SMILES string of the molecule is CC1(C)OC(=O)C=C(C[C@@H](O[Si](C)(C)C)c2ccoc2)O1. The van der Waals surface area contributed by atoms with Crippen molar-refractivity contribution in [2.75, 3.05) is 0 Å². The van der Waals surface area contributed by atoms with Gasteiger partial charge in [-0.15, -0.1) is 0 Å². The highest BCUT2D eigenvalue weighted by atomic mass is 28.4. The van der Waals surface area contributed by atoms with E-state index in [1.54, 1.807) is 26.4 Å². The molecular weight excluding hydrogens is 288 g/mol. The molecule has 1 aromatic rings. The molecule has 116 valence electrons. The van der Waals surface area contributed by atoms with E-state index in [2.05, 4.69) is 19.6 Å². The molecule has 0 spiro atoms. The molecule has 0 N–H and O–H groups in total. The molecule has 1 aliphatic rings. The molecule has 2 rings (SSSR count). The molecule has 1 atom stereocenters. The van der Waals surface area contributed by atoms with Gasteiger partial charge in [0.15, 0.2) is 8.32 Å². The monoisotopic (exact) mass is 310 g/mol. The third-order valence-electron chi connectivity index (χ3n) is 2.80. The van der Waals surface area contributed by atoms with Gasteiger partial charge in [0.25, 0.3) is 0 Å². The summed E-state index contributed by atoms with van der Waals surface area (Å²) in [5.74, 6) is -0.762. The van der Waals surface area contributed by atoms with Crippen LogP contribution in [0.3, 0.4) is 0 Å². The minimum atomic E-state index is -1.75. The van der Waals surface area contributed by atoms with E-state index in [-0.39, 0.29) is 12.1 Å². The van der Waals surface area contributed by atoms with Crippen molar-refractivity contribution in [3.8, 4) is 0 Å². The maximum atomic E-state index is 11.6. The van der Waals surface area contributed by atoms with Crippen molar-refractivity contribution in [3.63, 3.8) is 0 Å². The van der Waals surface area contributed by atoms with Gasteiger partial charge in [-0.2, -0.15) is 0 Å². The molecule has 0 saturated carbocycles. The zero-order chi connectivity index (χ0) is 15.7. The molecule has 0 fully saturated rings. The standard InChI is InChI=1S/C15H22O5Si/c1-15(2)18-12(9-14(16)19-15)8-13(20-21(3,4)5)11-6-7-17-10-11/h6-7,9-10,13H,8H2,1-5H3/t13-/m1/s1. The summed E-state index contributed by atoms with van der Waals surface area (Å²) in [7, 11) is -1.75. The van der Waals surface area contributed by atoms with Crippen molar-refractivity contribution in [2.24, 2.45) is 0 Å². The maximum absolute atomic E-state index is 11.6. The van der Waals surface area contributed by atoms with Crippen molar-refractivity contribution in [3.05, 3.63) is 36.0 Å². The van der Waals surface area contributed by atoms with Crippen molar-refractivity contribution in [2.45, 2.75) is 51.8 Å². The van der Waals surface area contributed by atoms with Crippen LogP contribution in [0, 0.1) is 0 Å². The predicted molar refractivity (Wildman–Crippen MR) is 79.8 cm³/mol. The van der Waals surface area contributed by atoms with Crippen LogP contribution < -0.4 is 0 Å². The van der Waals surface area contributed by atoms with Gasteiger partial charge in [-0.3, -0.25) is 0 Å². The van der Waals surface area contributed by atoms with E-state index in [4.69, 9.17) is 18.3 Å². The van der Waals surface area contributed by atoms with E-state index in [1.165, 1.54) is 6.08 Å². The molecule has 0 aromatic carbocycles. The summed E-state index contributed by atoms with van der Waals surface area (Å²) in [4.78, 5) is 11.6. The first kappa shape index (κ1) is 15.8. The average molecular weight is 310 g/mol. The summed E-state index contributed by atoms with van der Waals surface area (Å²) in [5.41, 5.74) is 0.943. The first-order valence-corrected chi connectivity index (χ1v) is 10.4. The van der Waals surface area contributed by atoms with Crippen molar-refractivity contribution < 1.29 is 23.1 Å². The summed E-state index contributed by atoms with van der Waals surface area (Å²) in [6, 6.07) is 1.87. The summed E-state index contributed by atoms with van der Waals surface area (Å²) < 4.78 is 22.1. The largest absolute Gasteiger partial charge is 0.472 e. The number of ether oxygens (including phenoxy) is 2. The lowest BCUT2D eigenvalue weighted by atomic mass is 10.1. The second kappa shape index (κ2) is 5.69. The van der Waals surface area contributed by atoms with Gasteiger partial charge in [0.2, 0.25) is 5.79 Å². The Labute approximate surface area is 126 Å². The quantitative estimate of drug-likeness (QED) is 0.612. The van der Waals surface area contributed by atoms with Crippen molar-refractivity contribution in [1.82, 2.24) is 0 Å². The lowest BCUT2D eigenvalue weighted by Gasteiger charge is -2.33. The Morgan fingerprint density at radius 1 is 1.29 bits per heavy atom. The fraction of sp³-hybridized carbons (Fsp3) is 0.533. The summed E-state index contributed by atoms with van der Waals surface area (Å²) in [6.07, 6.45) is 4.94. The molecule has 21 heavy (non-hydrogen) atoms. The maximum Gasteiger partial charge on any atom is 0.337 e. The number of cyclic esters (lactones) is 1. The van der Waals surface area contributed by atoms with E-state index in [9.17, 15) is 4.79 Å². The Bertz CT molecular complexity index is 525. The first-order valence-electron chi connectivity index (χ1n) is 6.97. The Kier molecular flexibility index (Phi) is 4.29. The molecule has 0 saturated heterocycles. The summed E-state index contributed by atoms with van der Waals surface area (Å²) in [5, 5.41) is 0. The Hall–Kier alpha value is -1.53. The number of esters is 1. The number of carbonyl (C=O) groups excluding carboxylic acids is 1. The molecule has 5 nitrogen and oxygen atoms in total. The minimum absolute atomic E-state index is 0.191. The normalized spacial score (nSPS) is 19.5. The number of hydrogen-bond donors (Lipinski definition) is 0. The Morgan fingerprint density at radius 2 is 2.00 bits per heavy atom. The first-order chi connectivity index (χ1) is 9.65. The van der Waals surface area contributed by atoms with Crippen LogP contribution in [0.25, 0.3) is 0 Å². The van der Waals surface area contributed by atoms with Gasteiger partial charge in [0.1, 0.15) is 5.76 Å². The molecule has 0 amide bonds. The van der Waals surface area contributed by atoms with E-state index in [0.29, 0.717) is 12.2 Å². The van der Waals surface area contributed by atoms with Gasteiger partial charge in [0, 0.05) is 25.8 Å². The van der Waals surface area contributed by atoms with Crippen molar-refractivity contribution in [1.29, 1.82) is 0 Å². The highest BCUT2D eigenvalue weighted by Gasteiger charge is 2.32. The van der Waals surface area contributed by atoms with Gasteiger partial charge < -0.3 is 18.3 Å². The molecule has 6 heteroatoms. The Balaban J connectivity index is 2.17. The number of rotatable bonds is 5.